The van der Waals surface area contributed by atoms with Gasteiger partial charge in [-0.2, -0.15) is 0 Å². The molecule has 0 unspecified atom stereocenters. The second-order valence-corrected chi connectivity index (χ2v) is 6.61. The molecule has 4 aromatic rings. The predicted molar refractivity (Wildman–Crippen MR) is 113 cm³/mol. The normalized spacial score (nSPS) is 10.6. The van der Waals surface area contributed by atoms with E-state index in [4.69, 9.17) is 4.74 Å². The van der Waals surface area contributed by atoms with Crippen LogP contribution < -0.4 is 10.1 Å². The Hall–Kier alpha value is -4.07. The summed E-state index contributed by atoms with van der Waals surface area (Å²) >= 11 is 0. The number of hydrogen-bond donors (Lipinski definition) is 1. The number of carbonyl (C=O) groups is 1. The minimum Gasteiger partial charge on any atom is -0.494 e. The summed E-state index contributed by atoms with van der Waals surface area (Å²) in [5.41, 5.74) is 2.05. The number of nitrogens with zero attached hydrogens (tertiary/aromatic N) is 4. The molecule has 2 aromatic carbocycles. The number of carbonyl (C=O) groups excluding carboxylic acids is 1. The number of hydrogen-bond acceptors (Lipinski definition) is 5. The Balaban J connectivity index is 1.69. The molecule has 0 aliphatic carbocycles. The maximum atomic E-state index is 14.4. The number of amides is 1. The highest BCUT2D eigenvalue weighted by molar-refractivity contribution is 5.98. The number of rotatable bonds is 7. The van der Waals surface area contributed by atoms with Crippen molar-refractivity contribution in [1.29, 1.82) is 0 Å². The first kappa shape index (κ1) is 20.2. The summed E-state index contributed by atoms with van der Waals surface area (Å²) in [5.74, 6) is -0.212. The van der Waals surface area contributed by atoms with Gasteiger partial charge in [-0.05, 0) is 37.3 Å². The smallest absolute Gasteiger partial charge is 0.274 e. The third-order valence-corrected chi connectivity index (χ3v) is 4.61. The molecular weight excluding hydrogens is 397 g/mol. The second-order valence-electron chi connectivity index (χ2n) is 6.61. The molecule has 0 bridgehead atoms. The van der Waals surface area contributed by atoms with Crippen molar-refractivity contribution in [3.05, 3.63) is 90.1 Å². The Morgan fingerprint density at radius 1 is 1.10 bits per heavy atom. The maximum Gasteiger partial charge on any atom is 0.274 e. The second kappa shape index (κ2) is 9.17. The fourth-order valence-electron chi connectivity index (χ4n) is 3.19. The first-order valence-corrected chi connectivity index (χ1v) is 9.79. The lowest BCUT2D eigenvalue weighted by atomic mass is 10.1. The third kappa shape index (κ3) is 4.28. The lowest BCUT2D eigenvalue weighted by Gasteiger charge is -2.11. The van der Waals surface area contributed by atoms with Crippen LogP contribution in [-0.4, -0.2) is 32.5 Å². The van der Waals surface area contributed by atoms with Gasteiger partial charge in [0.1, 0.15) is 22.9 Å². The summed E-state index contributed by atoms with van der Waals surface area (Å²) in [5, 5.41) is 11.0. The van der Waals surface area contributed by atoms with E-state index in [1.165, 1.54) is 10.7 Å². The summed E-state index contributed by atoms with van der Waals surface area (Å²) < 4.78 is 21.4. The van der Waals surface area contributed by atoms with Crippen molar-refractivity contribution in [2.24, 2.45) is 0 Å². The van der Waals surface area contributed by atoms with Gasteiger partial charge in [-0.1, -0.05) is 35.5 Å². The molecule has 2 aromatic heterocycles. The molecule has 8 heteroatoms. The van der Waals surface area contributed by atoms with Gasteiger partial charge in [0.2, 0.25) is 0 Å². The predicted octanol–water partition coefficient (Wildman–Crippen LogP) is 3.80. The van der Waals surface area contributed by atoms with E-state index in [2.05, 4.69) is 20.6 Å². The summed E-state index contributed by atoms with van der Waals surface area (Å²) in [6.07, 6.45) is 3.20. The minimum atomic E-state index is -0.477. The van der Waals surface area contributed by atoms with Crippen molar-refractivity contribution in [2.75, 3.05) is 6.61 Å². The van der Waals surface area contributed by atoms with Gasteiger partial charge in [0.15, 0.2) is 5.69 Å². The summed E-state index contributed by atoms with van der Waals surface area (Å²) in [7, 11) is 0. The SMILES string of the molecule is CCOc1ccccc1CNC(=O)c1nnn(-c2ccccc2F)c1-c1cccnc1. The van der Waals surface area contributed by atoms with Gasteiger partial charge in [0, 0.05) is 30.1 Å². The average molecular weight is 417 g/mol. The Morgan fingerprint density at radius 2 is 1.90 bits per heavy atom. The molecule has 0 aliphatic heterocycles. The van der Waals surface area contributed by atoms with Crippen molar-refractivity contribution in [1.82, 2.24) is 25.3 Å². The minimum absolute atomic E-state index is 0.0742. The van der Waals surface area contributed by atoms with Gasteiger partial charge in [0.25, 0.3) is 5.91 Å². The van der Waals surface area contributed by atoms with E-state index in [1.807, 2.05) is 31.2 Å². The molecule has 31 heavy (non-hydrogen) atoms. The highest BCUT2D eigenvalue weighted by atomic mass is 19.1. The molecule has 2 heterocycles. The van der Waals surface area contributed by atoms with E-state index in [9.17, 15) is 9.18 Å². The number of ether oxygens (including phenoxy) is 1. The molecule has 0 saturated carbocycles. The van der Waals surface area contributed by atoms with Gasteiger partial charge < -0.3 is 10.1 Å². The van der Waals surface area contributed by atoms with E-state index in [-0.39, 0.29) is 17.9 Å². The van der Waals surface area contributed by atoms with E-state index in [0.717, 1.165) is 5.56 Å². The molecule has 0 spiro atoms. The topological polar surface area (TPSA) is 81.9 Å². The molecule has 7 nitrogen and oxygen atoms in total. The monoisotopic (exact) mass is 417 g/mol. The van der Waals surface area contributed by atoms with Crippen LogP contribution in [0.5, 0.6) is 5.75 Å². The molecule has 1 amide bonds. The molecule has 0 aliphatic rings. The van der Waals surface area contributed by atoms with E-state index < -0.39 is 11.7 Å². The summed E-state index contributed by atoms with van der Waals surface area (Å²) in [6, 6.07) is 17.2. The molecule has 0 atom stereocenters. The Kier molecular flexibility index (Phi) is 5.98. The highest BCUT2D eigenvalue weighted by Gasteiger charge is 2.23. The molecule has 156 valence electrons. The number of nitrogens with one attached hydrogen (secondary N) is 1. The molecule has 0 fully saturated rings. The van der Waals surface area contributed by atoms with E-state index in [0.29, 0.717) is 23.6 Å². The van der Waals surface area contributed by atoms with Crippen molar-refractivity contribution >= 4 is 5.91 Å². The zero-order valence-corrected chi connectivity index (χ0v) is 16.8. The Morgan fingerprint density at radius 3 is 2.68 bits per heavy atom. The number of aromatic nitrogens is 4. The van der Waals surface area contributed by atoms with Gasteiger partial charge in [-0.15, -0.1) is 5.10 Å². The van der Waals surface area contributed by atoms with Crippen molar-refractivity contribution < 1.29 is 13.9 Å². The number of pyridine rings is 1. The number of para-hydroxylation sites is 2. The van der Waals surface area contributed by atoms with Crippen LogP contribution in [0.4, 0.5) is 4.39 Å². The first-order valence-electron chi connectivity index (χ1n) is 9.79. The lowest BCUT2D eigenvalue weighted by Crippen LogP contribution is -2.24. The average Bonchev–Trinajstić information content (AvgIpc) is 3.24. The Labute approximate surface area is 178 Å². The van der Waals surface area contributed by atoms with Crippen molar-refractivity contribution in [3.8, 4) is 22.7 Å². The number of halogens is 1. The van der Waals surface area contributed by atoms with Crippen LogP contribution in [-0.2, 0) is 6.54 Å². The molecular formula is C23H20FN5O2. The zero-order valence-electron chi connectivity index (χ0n) is 16.8. The van der Waals surface area contributed by atoms with Crippen LogP contribution in [0.3, 0.4) is 0 Å². The largest absolute Gasteiger partial charge is 0.494 e. The van der Waals surface area contributed by atoms with Crippen LogP contribution in [0.15, 0.2) is 73.1 Å². The molecule has 0 radical (unpaired) electrons. The van der Waals surface area contributed by atoms with Crippen LogP contribution in [0.2, 0.25) is 0 Å². The van der Waals surface area contributed by atoms with Gasteiger partial charge in [0.05, 0.1) is 6.61 Å². The standard InChI is InChI=1S/C23H20FN5O2/c1-2-31-20-12-6-3-8-16(20)15-26-23(30)21-22(17-9-7-13-25-14-17)29(28-27-21)19-11-5-4-10-18(19)24/h3-14H,2,15H2,1H3,(H,26,30). The molecule has 0 saturated heterocycles. The molecule has 4 rings (SSSR count). The van der Waals surface area contributed by atoms with Crippen molar-refractivity contribution in [3.63, 3.8) is 0 Å². The summed E-state index contributed by atoms with van der Waals surface area (Å²) in [4.78, 5) is 17.1. The lowest BCUT2D eigenvalue weighted by molar-refractivity contribution is 0.0946. The van der Waals surface area contributed by atoms with Crippen LogP contribution >= 0.6 is 0 Å². The van der Waals surface area contributed by atoms with Gasteiger partial charge in [-0.3, -0.25) is 9.78 Å². The fraction of sp³-hybridized carbons (Fsp3) is 0.130. The van der Waals surface area contributed by atoms with Crippen LogP contribution in [0, 0.1) is 5.82 Å². The molecule has 1 N–H and O–H groups in total. The summed E-state index contributed by atoms with van der Waals surface area (Å²) in [6.45, 7) is 2.66. The van der Waals surface area contributed by atoms with Crippen LogP contribution in [0.25, 0.3) is 16.9 Å². The number of benzene rings is 2. The van der Waals surface area contributed by atoms with E-state index >= 15 is 0 Å². The highest BCUT2D eigenvalue weighted by Crippen LogP contribution is 2.26. The quantitative estimate of drug-likeness (QED) is 0.495. The van der Waals surface area contributed by atoms with Gasteiger partial charge >= 0.3 is 0 Å². The maximum absolute atomic E-state index is 14.4. The van der Waals surface area contributed by atoms with Gasteiger partial charge in [-0.25, -0.2) is 9.07 Å². The van der Waals surface area contributed by atoms with Crippen LogP contribution in [0.1, 0.15) is 23.0 Å². The Bertz CT molecular complexity index is 1190. The third-order valence-electron chi connectivity index (χ3n) is 4.61. The fourth-order valence-corrected chi connectivity index (χ4v) is 3.19. The zero-order chi connectivity index (χ0) is 21.6. The first-order chi connectivity index (χ1) is 15.2. The van der Waals surface area contributed by atoms with E-state index in [1.54, 1.807) is 42.7 Å². The van der Waals surface area contributed by atoms with Crippen molar-refractivity contribution in [2.45, 2.75) is 13.5 Å².